The van der Waals surface area contributed by atoms with E-state index in [1.807, 2.05) is 10.6 Å². The lowest BCUT2D eigenvalue weighted by Crippen LogP contribution is -2.30. The third kappa shape index (κ3) is 5.44. The number of amides is 1. The molecule has 0 saturated heterocycles. The summed E-state index contributed by atoms with van der Waals surface area (Å²) in [6.45, 7) is 0. The van der Waals surface area contributed by atoms with Crippen molar-refractivity contribution in [2.45, 2.75) is 69.6 Å². The molecule has 2 fully saturated rings. The van der Waals surface area contributed by atoms with Crippen molar-refractivity contribution in [2.24, 2.45) is 11.7 Å². The van der Waals surface area contributed by atoms with E-state index in [-0.39, 0.29) is 30.0 Å². The Hall–Kier alpha value is -3.13. The number of fused-ring (bicyclic) bond motifs is 1. The molecule has 5 N–H and O–H groups in total. The lowest BCUT2D eigenvalue weighted by atomic mass is 9.85. The van der Waals surface area contributed by atoms with Gasteiger partial charge in [-0.05, 0) is 63.5 Å². The van der Waals surface area contributed by atoms with Crippen molar-refractivity contribution >= 4 is 57.9 Å². The zero-order valence-electron chi connectivity index (χ0n) is 20.1. The molecule has 0 spiro atoms. The van der Waals surface area contributed by atoms with Crippen molar-refractivity contribution < 1.29 is 9.90 Å². The van der Waals surface area contributed by atoms with Crippen molar-refractivity contribution in [3.63, 3.8) is 0 Å². The molecular weight excluding hydrogens is 515 g/mol. The fourth-order valence-corrected chi connectivity index (χ4v) is 5.94. The number of nitrogens with one attached hydrogen (secondary N) is 2. The van der Waals surface area contributed by atoms with Crippen LogP contribution >= 0.6 is 23.2 Å². The third-order valence-electron chi connectivity index (χ3n) is 7.28. The third-order valence-corrected chi connectivity index (χ3v) is 7.88. The number of nitriles is 1. The van der Waals surface area contributed by atoms with Gasteiger partial charge in [0.1, 0.15) is 5.52 Å². The predicted molar refractivity (Wildman–Crippen MR) is 142 cm³/mol. The standard InChI is InChI=1S/C25H28Cl2N8O2/c26-18-8-13(11-28)9-19(27)21(18)33-25-32-20-12-30-24(31-15-2-1-3-17(36)10-15)34-23(20)35(25)16-6-4-14(5-7-16)22(29)37/h8-9,12,14-17,36H,1-7,10H2,(H2,29,37)(H,32,33)(H,30,31,34)/t14-,15-,16+,17-/m1/s1. The van der Waals surface area contributed by atoms with Crippen LogP contribution in [0.15, 0.2) is 18.3 Å². The second-order valence-electron chi connectivity index (χ2n) is 9.83. The van der Waals surface area contributed by atoms with E-state index in [9.17, 15) is 15.2 Å². The van der Waals surface area contributed by atoms with Crippen molar-refractivity contribution in [3.05, 3.63) is 33.9 Å². The highest BCUT2D eigenvalue weighted by molar-refractivity contribution is 6.39. The van der Waals surface area contributed by atoms with Crippen LogP contribution in [0.5, 0.6) is 0 Å². The number of imidazole rings is 1. The summed E-state index contributed by atoms with van der Waals surface area (Å²) in [5.41, 5.74) is 7.58. The second-order valence-corrected chi connectivity index (χ2v) is 10.6. The SMILES string of the molecule is N#Cc1cc(Cl)c(Nc2nc3cnc(N[C@@H]4CCC[C@@H](O)C4)nc3n2[C@H]2CC[C@@H](C(N)=O)CC2)c(Cl)c1. The zero-order valence-corrected chi connectivity index (χ0v) is 21.6. The molecule has 12 heteroatoms. The molecule has 2 aromatic heterocycles. The van der Waals surface area contributed by atoms with Gasteiger partial charge in [0.2, 0.25) is 17.8 Å². The Balaban J connectivity index is 1.52. The van der Waals surface area contributed by atoms with Crippen LogP contribution in [0.4, 0.5) is 17.6 Å². The Kier molecular flexibility index (Phi) is 7.38. The molecule has 1 amide bonds. The summed E-state index contributed by atoms with van der Waals surface area (Å²) < 4.78 is 2.01. The number of primary amides is 1. The number of halogens is 2. The number of rotatable bonds is 6. The first-order valence-corrected chi connectivity index (χ1v) is 13.2. The number of carbonyl (C=O) groups excluding carboxylic acids is 1. The molecular formula is C25H28Cl2N8O2. The first kappa shape index (κ1) is 25.5. The lowest BCUT2D eigenvalue weighted by Gasteiger charge is -2.29. The molecule has 2 saturated carbocycles. The number of nitrogens with two attached hydrogens (primary N) is 1. The Labute approximate surface area is 224 Å². The van der Waals surface area contributed by atoms with E-state index in [0.717, 1.165) is 32.1 Å². The van der Waals surface area contributed by atoms with Crippen molar-refractivity contribution in [3.8, 4) is 6.07 Å². The molecule has 5 rings (SSSR count). The lowest BCUT2D eigenvalue weighted by molar-refractivity contribution is -0.122. The van der Waals surface area contributed by atoms with Crippen LogP contribution < -0.4 is 16.4 Å². The normalized spacial score (nSPS) is 23.9. The maximum Gasteiger partial charge on any atom is 0.224 e. The first-order valence-electron chi connectivity index (χ1n) is 12.5. The number of carbonyl (C=O) groups is 1. The molecule has 1 aromatic carbocycles. The van der Waals surface area contributed by atoms with Crippen LogP contribution in [0.1, 0.15) is 63.0 Å². The molecule has 2 aliphatic carbocycles. The van der Waals surface area contributed by atoms with Gasteiger partial charge in [0.25, 0.3) is 0 Å². The highest BCUT2D eigenvalue weighted by Crippen LogP contribution is 2.39. The molecule has 0 radical (unpaired) electrons. The van der Waals surface area contributed by atoms with Crippen molar-refractivity contribution in [1.29, 1.82) is 5.26 Å². The van der Waals surface area contributed by atoms with Crippen LogP contribution in [0.3, 0.4) is 0 Å². The summed E-state index contributed by atoms with van der Waals surface area (Å²) in [4.78, 5) is 25.8. The fourth-order valence-electron chi connectivity index (χ4n) is 5.36. The largest absolute Gasteiger partial charge is 0.393 e. The smallest absolute Gasteiger partial charge is 0.224 e. The molecule has 37 heavy (non-hydrogen) atoms. The summed E-state index contributed by atoms with van der Waals surface area (Å²) >= 11 is 12.9. The minimum absolute atomic E-state index is 0.0123. The van der Waals surface area contributed by atoms with Crippen LogP contribution in [-0.4, -0.2) is 42.7 Å². The van der Waals surface area contributed by atoms with Gasteiger partial charge in [-0.2, -0.15) is 10.2 Å². The maximum atomic E-state index is 11.7. The molecule has 0 bridgehead atoms. The summed E-state index contributed by atoms with van der Waals surface area (Å²) in [5.74, 6) is 0.548. The van der Waals surface area contributed by atoms with Gasteiger partial charge in [-0.25, -0.2) is 9.97 Å². The number of hydrogen-bond acceptors (Lipinski definition) is 8. The molecule has 194 valence electrons. The van der Waals surface area contributed by atoms with Gasteiger partial charge in [0.15, 0.2) is 5.65 Å². The number of anilines is 3. The average molecular weight is 543 g/mol. The van der Waals surface area contributed by atoms with E-state index in [4.69, 9.17) is 38.9 Å². The van der Waals surface area contributed by atoms with Crippen LogP contribution in [0.2, 0.25) is 10.0 Å². The summed E-state index contributed by atoms with van der Waals surface area (Å²) in [6.07, 6.45) is 7.51. The van der Waals surface area contributed by atoms with E-state index in [2.05, 4.69) is 15.6 Å². The quantitative estimate of drug-likeness (QED) is 0.349. The van der Waals surface area contributed by atoms with Gasteiger partial charge < -0.3 is 21.5 Å². The Morgan fingerprint density at radius 1 is 1.14 bits per heavy atom. The van der Waals surface area contributed by atoms with E-state index >= 15 is 0 Å². The zero-order chi connectivity index (χ0) is 26.1. The van der Waals surface area contributed by atoms with Gasteiger partial charge in [-0.3, -0.25) is 9.36 Å². The molecule has 2 aliphatic rings. The summed E-state index contributed by atoms with van der Waals surface area (Å²) in [7, 11) is 0. The minimum Gasteiger partial charge on any atom is -0.393 e. The number of aliphatic hydroxyl groups is 1. The average Bonchev–Trinajstić information content (AvgIpc) is 3.23. The van der Waals surface area contributed by atoms with Gasteiger partial charge in [-0.15, -0.1) is 0 Å². The molecule has 2 atom stereocenters. The Morgan fingerprint density at radius 2 is 1.86 bits per heavy atom. The van der Waals surface area contributed by atoms with Crippen LogP contribution in [-0.2, 0) is 4.79 Å². The van der Waals surface area contributed by atoms with Crippen molar-refractivity contribution in [2.75, 3.05) is 10.6 Å². The molecule has 2 heterocycles. The number of hydrogen-bond donors (Lipinski definition) is 4. The molecule has 10 nitrogen and oxygen atoms in total. The Bertz CT molecular complexity index is 1340. The van der Waals surface area contributed by atoms with Crippen LogP contribution in [0.25, 0.3) is 11.2 Å². The monoisotopic (exact) mass is 542 g/mol. The first-order chi connectivity index (χ1) is 17.8. The minimum atomic E-state index is -0.321. The van der Waals surface area contributed by atoms with Crippen molar-refractivity contribution in [1.82, 2.24) is 19.5 Å². The maximum absolute atomic E-state index is 11.7. The van der Waals surface area contributed by atoms with Gasteiger partial charge in [-0.1, -0.05) is 23.2 Å². The molecule has 0 aliphatic heterocycles. The summed E-state index contributed by atoms with van der Waals surface area (Å²) in [5, 5.41) is 26.5. The van der Waals surface area contributed by atoms with E-state index < -0.39 is 0 Å². The topological polar surface area (TPSA) is 155 Å². The van der Waals surface area contributed by atoms with Crippen LogP contribution in [0, 0.1) is 17.2 Å². The Morgan fingerprint density at radius 3 is 2.51 bits per heavy atom. The highest BCUT2D eigenvalue weighted by Gasteiger charge is 2.30. The van der Waals surface area contributed by atoms with E-state index in [1.54, 1.807) is 18.3 Å². The number of aromatic nitrogens is 4. The predicted octanol–water partition coefficient (Wildman–Crippen LogP) is 4.68. The van der Waals surface area contributed by atoms with Gasteiger partial charge in [0, 0.05) is 18.0 Å². The fraction of sp³-hybridized carbons (Fsp3) is 0.480. The molecule has 3 aromatic rings. The number of aliphatic hydroxyl groups excluding tert-OH is 1. The molecule has 0 unspecified atom stereocenters. The highest BCUT2D eigenvalue weighted by atomic mass is 35.5. The van der Waals surface area contributed by atoms with Gasteiger partial charge in [0.05, 0.1) is 39.7 Å². The second kappa shape index (κ2) is 10.7. The van der Waals surface area contributed by atoms with Gasteiger partial charge >= 0.3 is 0 Å². The number of benzene rings is 1. The van der Waals surface area contributed by atoms with E-state index in [0.29, 0.717) is 63.6 Å². The van der Waals surface area contributed by atoms with E-state index in [1.165, 1.54) is 0 Å². The summed E-state index contributed by atoms with van der Waals surface area (Å²) in [6, 6.07) is 5.24. The number of nitrogens with zero attached hydrogens (tertiary/aromatic N) is 5.